The summed E-state index contributed by atoms with van der Waals surface area (Å²) in [5.74, 6) is 1.68. The van der Waals surface area contributed by atoms with Crippen LogP contribution < -0.4 is 14.8 Å². The third kappa shape index (κ3) is 2.64. The Labute approximate surface area is 116 Å². The second-order valence-electron chi connectivity index (χ2n) is 5.03. The van der Waals surface area contributed by atoms with Crippen LogP contribution >= 0.6 is 15.9 Å². The van der Waals surface area contributed by atoms with Gasteiger partial charge in [0.25, 0.3) is 0 Å². The topological polar surface area (TPSA) is 30.5 Å². The van der Waals surface area contributed by atoms with E-state index < -0.39 is 0 Å². The lowest BCUT2D eigenvalue weighted by Crippen LogP contribution is -2.30. The van der Waals surface area contributed by atoms with E-state index in [0.29, 0.717) is 12.8 Å². The van der Waals surface area contributed by atoms with Crippen LogP contribution in [0.3, 0.4) is 0 Å². The van der Waals surface area contributed by atoms with Crippen LogP contribution in [0.2, 0.25) is 0 Å². The Bertz CT molecular complexity index is 430. The zero-order valence-electron chi connectivity index (χ0n) is 10.4. The standard InChI is InChI=1S/C14H18BrNO2/c15-12-6-10(7-13-14(12)18-9-17-13)8-16-11-4-2-1-3-5-11/h6-7,11,16H,1-5,8-9H2. The molecule has 0 bridgehead atoms. The second-order valence-corrected chi connectivity index (χ2v) is 5.88. The van der Waals surface area contributed by atoms with E-state index in [1.807, 2.05) is 0 Å². The molecule has 0 atom stereocenters. The van der Waals surface area contributed by atoms with Crippen LogP contribution in [-0.2, 0) is 6.54 Å². The highest BCUT2D eigenvalue weighted by Gasteiger charge is 2.18. The molecule has 1 aliphatic heterocycles. The highest BCUT2D eigenvalue weighted by Crippen LogP contribution is 2.40. The molecule has 4 heteroatoms. The van der Waals surface area contributed by atoms with Gasteiger partial charge in [-0.1, -0.05) is 19.3 Å². The summed E-state index contributed by atoms with van der Waals surface area (Å²) >= 11 is 3.53. The summed E-state index contributed by atoms with van der Waals surface area (Å²) < 4.78 is 11.8. The molecule has 18 heavy (non-hydrogen) atoms. The van der Waals surface area contributed by atoms with Gasteiger partial charge in [-0.3, -0.25) is 0 Å². The number of hydrogen-bond donors (Lipinski definition) is 1. The molecule has 1 aromatic rings. The predicted molar refractivity (Wildman–Crippen MR) is 74.0 cm³/mol. The minimum Gasteiger partial charge on any atom is -0.454 e. The van der Waals surface area contributed by atoms with E-state index in [4.69, 9.17) is 9.47 Å². The fourth-order valence-corrected chi connectivity index (χ4v) is 3.30. The highest BCUT2D eigenvalue weighted by molar-refractivity contribution is 9.10. The summed E-state index contributed by atoms with van der Waals surface area (Å²) in [6.45, 7) is 1.23. The molecule has 1 N–H and O–H groups in total. The van der Waals surface area contributed by atoms with Crippen LogP contribution in [0.4, 0.5) is 0 Å². The normalized spacial score (nSPS) is 19.2. The number of fused-ring (bicyclic) bond motifs is 1. The SMILES string of the molecule is Brc1cc(CNC2CCCCC2)cc2c1OCO2. The van der Waals surface area contributed by atoms with Crippen molar-refractivity contribution >= 4 is 15.9 Å². The fourth-order valence-electron chi connectivity index (χ4n) is 2.69. The van der Waals surface area contributed by atoms with Crippen molar-refractivity contribution in [3.63, 3.8) is 0 Å². The van der Waals surface area contributed by atoms with Gasteiger partial charge in [-0.2, -0.15) is 0 Å². The summed E-state index contributed by atoms with van der Waals surface area (Å²) in [4.78, 5) is 0. The average Bonchev–Trinajstić information content (AvgIpc) is 2.86. The smallest absolute Gasteiger partial charge is 0.231 e. The van der Waals surface area contributed by atoms with Crippen molar-refractivity contribution in [3.8, 4) is 11.5 Å². The molecule has 0 radical (unpaired) electrons. The first-order chi connectivity index (χ1) is 8.83. The number of hydrogen-bond acceptors (Lipinski definition) is 3. The monoisotopic (exact) mass is 311 g/mol. The van der Waals surface area contributed by atoms with E-state index in [1.165, 1.54) is 37.7 Å². The first kappa shape index (κ1) is 12.3. The maximum atomic E-state index is 5.43. The minimum atomic E-state index is 0.327. The van der Waals surface area contributed by atoms with E-state index in [2.05, 4.69) is 33.4 Å². The van der Waals surface area contributed by atoms with E-state index in [1.54, 1.807) is 0 Å². The Kier molecular flexibility index (Phi) is 3.75. The minimum absolute atomic E-state index is 0.327. The Hall–Kier alpha value is -0.740. The van der Waals surface area contributed by atoms with Crippen LogP contribution in [-0.4, -0.2) is 12.8 Å². The molecule has 1 aromatic carbocycles. The largest absolute Gasteiger partial charge is 0.454 e. The van der Waals surface area contributed by atoms with Crippen molar-refractivity contribution in [2.45, 2.75) is 44.7 Å². The van der Waals surface area contributed by atoms with Gasteiger partial charge >= 0.3 is 0 Å². The van der Waals surface area contributed by atoms with Crippen molar-refractivity contribution in [3.05, 3.63) is 22.2 Å². The lowest BCUT2D eigenvalue weighted by Gasteiger charge is -2.23. The highest BCUT2D eigenvalue weighted by atomic mass is 79.9. The number of rotatable bonds is 3. The van der Waals surface area contributed by atoms with E-state index in [9.17, 15) is 0 Å². The zero-order valence-corrected chi connectivity index (χ0v) is 12.0. The average molecular weight is 312 g/mol. The first-order valence-corrected chi connectivity index (χ1v) is 7.43. The van der Waals surface area contributed by atoms with Crippen molar-refractivity contribution < 1.29 is 9.47 Å². The molecule has 3 nitrogen and oxygen atoms in total. The van der Waals surface area contributed by atoms with Gasteiger partial charge in [-0.05, 0) is 46.5 Å². The Morgan fingerprint density at radius 3 is 2.83 bits per heavy atom. The molecule has 0 amide bonds. The first-order valence-electron chi connectivity index (χ1n) is 6.64. The van der Waals surface area contributed by atoms with Crippen molar-refractivity contribution in [1.82, 2.24) is 5.32 Å². The van der Waals surface area contributed by atoms with Gasteiger partial charge in [0, 0.05) is 12.6 Å². The molecule has 1 heterocycles. The number of nitrogens with one attached hydrogen (secondary N) is 1. The van der Waals surface area contributed by atoms with E-state index in [0.717, 1.165) is 22.5 Å². The summed E-state index contributed by atoms with van der Waals surface area (Å²) in [6.07, 6.45) is 6.75. The Morgan fingerprint density at radius 1 is 1.17 bits per heavy atom. The van der Waals surface area contributed by atoms with Crippen LogP contribution in [0.25, 0.3) is 0 Å². The van der Waals surface area contributed by atoms with Gasteiger partial charge < -0.3 is 14.8 Å². The molecule has 0 unspecified atom stereocenters. The number of benzene rings is 1. The summed E-state index contributed by atoms with van der Waals surface area (Å²) in [5, 5.41) is 3.64. The number of ether oxygens (including phenoxy) is 2. The molecule has 3 rings (SSSR count). The molecule has 1 fully saturated rings. The van der Waals surface area contributed by atoms with Crippen molar-refractivity contribution in [1.29, 1.82) is 0 Å². The third-order valence-corrected chi connectivity index (χ3v) is 4.28. The third-order valence-electron chi connectivity index (χ3n) is 3.69. The molecule has 0 saturated heterocycles. The quantitative estimate of drug-likeness (QED) is 0.925. The van der Waals surface area contributed by atoms with Gasteiger partial charge in [0.15, 0.2) is 11.5 Å². The molecule has 0 spiro atoms. The molecular formula is C14H18BrNO2. The second kappa shape index (κ2) is 5.49. The molecule has 1 saturated carbocycles. The fraction of sp³-hybridized carbons (Fsp3) is 0.571. The molecule has 98 valence electrons. The molecular weight excluding hydrogens is 294 g/mol. The lowest BCUT2D eigenvalue weighted by molar-refractivity contribution is 0.173. The summed E-state index contributed by atoms with van der Waals surface area (Å²) in [7, 11) is 0. The van der Waals surface area contributed by atoms with Crippen LogP contribution in [0.5, 0.6) is 11.5 Å². The van der Waals surface area contributed by atoms with Crippen molar-refractivity contribution in [2.24, 2.45) is 0 Å². The molecule has 1 aliphatic carbocycles. The Balaban J connectivity index is 1.64. The van der Waals surface area contributed by atoms with E-state index in [-0.39, 0.29) is 0 Å². The van der Waals surface area contributed by atoms with Crippen LogP contribution in [0.1, 0.15) is 37.7 Å². The lowest BCUT2D eigenvalue weighted by atomic mass is 9.95. The summed E-state index contributed by atoms with van der Waals surface area (Å²) in [6, 6.07) is 4.87. The zero-order chi connectivity index (χ0) is 12.4. The van der Waals surface area contributed by atoms with Gasteiger partial charge in [0.1, 0.15) is 0 Å². The van der Waals surface area contributed by atoms with Gasteiger partial charge in [0.05, 0.1) is 4.47 Å². The van der Waals surface area contributed by atoms with Crippen molar-refractivity contribution in [2.75, 3.05) is 6.79 Å². The summed E-state index contributed by atoms with van der Waals surface area (Å²) in [5.41, 5.74) is 1.25. The van der Waals surface area contributed by atoms with Crippen LogP contribution in [0, 0.1) is 0 Å². The van der Waals surface area contributed by atoms with Gasteiger partial charge in [-0.15, -0.1) is 0 Å². The predicted octanol–water partition coefficient (Wildman–Crippen LogP) is 3.60. The molecule has 0 aromatic heterocycles. The maximum absolute atomic E-state index is 5.43. The van der Waals surface area contributed by atoms with E-state index >= 15 is 0 Å². The molecule has 2 aliphatic rings. The maximum Gasteiger partial charge on any atom is 0.231 e. The van der Waals surface area contributed by atoms with Crippen LogP contribution in [0.15, 0.2) is 16.6 Å². The van der Waals surface area contributed by atoms with Gasteiger partial charge in [-0.25, -0.2) is 0 Å². The van der Waals surface area contributed by atoms with Gasteiger partial charge in [0.2, 0.25) is 6.79 Å². The Morgan fingerprint density at radius 2 is 2.00 bits per heavy atom. The number of halogens is 1.